The van der Waals surface area contributed by atoms with Gasteiger partial charge in [0.1, 0.15) is 0 Å². The SMILES string of the molecule is CCc1ccccc1C1=CC=CCN1. The maximum Gasteiger partial charge on any atom is 0.0418 e. The summed E-state index contributed by atoms with van der Waals surface area (Å²) in [4.78, 5) is 0. The minimum Gasteiger partial charge on any atom is -0.381 e. The standard InChI is InChI=1S/C13H15N/c1-2-11-7-3-4-8-12(11)13-9-5-6-10-14-13/h3-9,14H,2,10H2,1H3. The molecule has 1 N–H and O–H groups in total. The van der Waals surface area contributed by atoms with Crippen molar-refractivity contribution in [3.05, 3.63) is 53.6 Å². The van der Waals surface area contributed by atoms with E-state index in [0.717, 1.165) is 13.0 Å². The van der Waals surface area contributed by atoms with E-state index in [0.29, 0.717) is 0 Å². The number of benzene rings is 1. The molecule has 1 heteroatoms. The third kappa shape index (κ3) is 1.72. The zero-order valence-electron chi connectivity index (χ0n) is 8.46. The van der Waals surface area contributed by atoms with Crippen LogP contribution in [-0.4, -0.2) is 6.54 Å². The first kappa shape index (κ1) is 9.07. The Hall–Kier alpha value is -1.50. The quantitative estimate of drug-likeness (QED) is 0.747. The number of hydrogen-bond acceptors (Lipinski definition) is 1. The Balaban J connectivity index is 2.39. The van der Waals surface area contributed by atoms with Gasteiger partial charge in [-0.3, -0.25) is 0 Å². The summed E-state index contributed by atoms with van der Waals surface area (Å²) in [5.41, 5.74) is 3.98. The van der Waals surface area contributed by atoms with Gasteiger partial charge in [-0.25, -0.2) is 0 Å². The van der Waals surface area contributed by atoms with Crippen molar-refractivity contribution in [2.75, 3.05) is 6.54 Å². The Kier molecular flexibility index (Phi) is 2.68. The maximum atomic E-state index is 3.38. The van der Waals surface area contributed by atoms with Crippen LogP contribution in [0.25, 0.3) is 5.70 Å². The molecule has 1 aromatic rings. The molecule has 0 saturated heterocycles. The van der Waals surface area contributed by atoms with Gasteiger partial charge >= 0.3 is 0 Å². The first-order chi connectivity index (χ1) is 6.92. The second-order valence-corrected chi connectivity index (χ2v) is 3.40. The van der Waals surface area contributed by atoms with Crippen LogP contribution in [0.5, 0.6) is 0 Å². The molecule has 1 aliphatic heterocycles. The Morgan fingerprint density at radius 1 is 1.29 bits per heavy atom. The molecule has 1 aliphatic rings. The van der Waals surface area contributed by atoms with Gasteiger partial charge < -0.3 is 5.32 Å². The molecule has 0 aromatic heterocycles. The van der Waals surface area contributed by atoms with Crippen LogP contribution in [0.1, 0.15) is 18.1 Å². The van der Waals surface area contributed by atoms with Crippen LogP contribution in [0, 0.1) is 0 Å². The smallest absolute Gasteiger partial charge is 0.0418 e. The van der Waals surface area contributed by atoms with Crippen molar-refractivity contribution in [1.29, 1.82) is 0 Å². The van der Waals surface area contributed by atoms with E-state index in [4.69, 9.17) is 0 Å². The predicted molar refractivity (Wildman–Crippen MR) is 60.9 cm³/mol. The van der Waals surface area contributed by atoms with Crippen molar-refractivity contribution >= 4 is 5.70 Å². The number of nitrogens with one attached hydrogen (secondary N) is 1. The lowest BCUT2D eigenvalue weighted by Crippen LogP contribution is -2.15. The Bertz CT molecular complexity index is 375. The molecule has 72 valence electrons. The van der Waals surface area contributed by atoms with Gasteiger partial charge in [0, 0.05) is 17.8 Å². The van der Waals surface area contributed by atoms with Crippen molar-refractivity contribution < 1.29 is 0 Å². The van der Waals surface area contributed by atoms with Crippen LogP contribution in [-0.2, 0) is 6.42 Å². The van der Waals surface area contributed by atoms with Crippen LogP contribution in [0.15, 0.2) is 42.5 Å². The summed E-state index contributed by atoms with van der Waals surface area (Å²) >= 11 is 0. The molecule has 0 bridgehead atoms. The van der Waals surface area contributed by atoms with Crippen molar-refractivity contribution in [3.8, 4) is 0 Å². The second-order valence-electron chi connectivity index (χ2n) is 3.40. The molecule has 0 saturated carbocycles. The molecule has 0 fully saturated rings. The molecule has 0 radical (unpaired) electrons. The van der Waals surface area contributed by atoms with E-state index >= 15 is 0 Å². The monoisotopic (exact) mass is 185 g/mol. The van der Waals surface area contributed by atoms with Crippen molar-refractivity contribution in [1.82, 2.24) is 5.32 Å². The Labute approximate surface area is 85.2 Å². The fraction of sp³-hybridized carbons (Fsp3) is 0.231. The van der Waals surface area contributed by atoms with E-state index in [-0.39, 0.29) is 0 Å². The third-order valence-corrected chi connectivity index (χ3v) is 2.50. The molecule has 2 rings (SSSR count). The van der Waals surface area contributed by atoms with Gasteiger partial charge in [-0.15, -0.1) is 0 Å². The van der Waals surface area contributed by atoms with E-state index in [1.54, 1.807) is 0 Å². The highest BCUT2D eigenvalue weighted by molar-refractivity contribution is 5.69. The van der Waals surface area contributed by atoms with Crippen molar-refractivity contribution in [2.24, 2.45) is 0 Å². The molecule has 1 aromatic carbocycles. The van der Waals surface area contributed by atoms with Crippen molar-refractivity contribution in [2.45, 2.75) is 13.3 Å². The van der Waals surface area contributed by atoms with Gasteiger partial charge in [-0.2, -0.15) is 0 Å². The maximum absolute atomic E-state index is 3.38. The van der Waals surface area contributed by atoms with E-state index in [1.807, 2.05) is 0 Å². The minimum absolute atomic E-state index is 0.934. The number of allylic oxidation sites excluding steroid dienone is 2. The molecule has 0 amide bonds. The predicted octanol–water partition coefficient (Wildman–Crippen LogP) is 2.75. The second kappa shape index (κ2) is 4.14. The molecule has 0 unspecified atom stereocenters. The number of dihydropyridines is 1. The first-order valence-corrected chi connectivity index (χ1v) is 5.11. The average molecular weight is 185 g/mol. The summed E-state index contributed by atoms with van der Waals surface area (Å²) in [5.74, 6) is 0. The van der Waals surface area contributed by atoms with Gasteiger partial charge in [0.2, 0.25) is 0 Å². The summed E-state index contributed by atoms with van der Waals surface area (Å²) in [6, 6.07) is 8.56. The summed E-state index contributed by atoms with van der Waals surface area (Å²) in [5, 5.41) is 3.38. The molecular weight excluding hydrogens is 170 g/mol. The van der Waals surface area contributed by atoms with Crippen LogP contribution < -0.4 is 5.32 Å². The molecule has 14 heavy (non-hydrogen) atoms. The summed E-state index contributed by atoms with van der Waals surface area (Å²) in [7, 11) is 0. The normalized spacial score (nSPS) is 14.8. The summed E-state index contributed by atoms with van der Waals surface area (Å²) in [6.07, 6.45) is 7.45. The molecule has 0 atom stereocenters. The highest BCUT2D eigenvalue weighted by Gasteiger charge is 2.05. The lowest BCUT2D eigenvalue weighted by atomic mass is 10.0. The average Bonchev–Trinajstić information content (AvgIpc) is 2.30. The first-order valence-electron chi connectivity index (χ1n) is 5.11. The zero-order valence-corrected chi connectivity index (χ0v) is 8.46. The number of hydrogen-bond donors (Lipinski definition) is 1. The topological polar surface area (TPSA) is 12.0 Å². The molecule has 0 aliphatic carbocycles. The van der Waals surface area contributed by atoms with Gasteiger partial charge in [0.15, 0.2) is 0 Å². The van der Waals surface area contributed by atoms with Crippen LogP contribution in [0.3, 0.4) is 0 Å². The molecule has 0 spiro atoms. The van der Waals surface area contributed by atoms with Crippen LogP contribution >= 0.6 is 0 Å². The zero-order chi connectivity index (χ0) is 9.80. The van der Waals surface area contributed by atoms with Gasteiger partial charge in [-0.1, -0.05) is 43.3 Å². The minimum atomic E-state index is 0.934. The fourth-order valence-corrected chi connectivity index (χ4v) is 1.74. The Morgan fingerprint density at radius 3 is 2.86 bits per heavy atom. The lowest BCUT2D eigenvalue weighted by molar-refractivity contribution is 0.985. The fourth-order valence-electron chi connectivity index (χ4n) is 1.74. The Morgan fingerprint density at radius 2 is 2.14 bits per heavy atom. The van der Waals surface area contributed by atoms with Crippen molar-refractivity contribution in [3.63, 3.8) is 0 Å². The van der Waals surface area contributed by atoms with E-state index in [2.05, 4.69) is 54.7 Å². The van der Waals surface area contributed by atoms with E-state index in [1.165, 1.54) is 16.8 Å². The summed E-state index contributed by atoms with van der Waals surface area (Å²) in [6.45, 7) is 3.13. The largest absolute Gasteiger partial charge is 0.381 e. The lowest BCUT2D eigenvalue weighted by Gasteiger charge is -2.15. The third-order valence-electron chi connectivity index (χ3n) is 2.50. The van der Waals surface area contributed by atoms with Crippen LogP contribution in [0.4, 0.5) is 0 Å². The van der Waals surface area contributed by atoms with Crippen LogP contribution in [0.2, 0.25) is 0 Å². The van der Waals surface area contributed by atoms with Gasteiger partial charge in [-0.05, 0) is 18.1 Å². The number of aryl methyl sites for hydroxylation is 1. The van der Waals surface area contributed by atoms with Gasteiger partial charge in [0.05, 0.1) is 0 Å². The number of rotatable bonds is 2. The molecule has 1 nitrogen and oxygen atoms in total. The molecular formula is C13H15N. The highest BCUT2D eigenvalue weighted by atomic mass is 14.9. The van der Waals surface area contributed by atoms with Gasteiger partial charge in [0.25, 0.3) is 0 Å². The summed E-state index contributed by atoms with van der Waals surface area (Å²) < 4.78 is 0. The van der Waals surface area contributed by atoms with E-state index in [9.17, 15) is 0 Å². The van der Waals surface area contributed by atoms with E-state index < -0.39 is 0 Å². The highest BCUT2D eigenvalue weighted by Crippen LogP contribution is 2.18. The molecule has 1 heterocycles.